The van der Waals surface area contributed by atoms with E-state index in [2.05, 4.69) is 59.4 Å². The number of rotatable bonds is 2. The van der Waals surface area contributed by atoms with Gasteiger partial charge in [-0.15, -0.1) is 6.42 Å². The third-order valence-electron chi connectivity index (χ3n) is 3.47. The minimum atomic E-state index is 0.112. The van der Waals surface area contributed by atoms with Crippen molar-refractivity contribution in [2.24, 2.45) is 0 Å². The van der Waals surface area contributed by atoms with Crippen molar-refractivity contribution in [2.45, 2.75) is 19.1 Å². The lowest BCUT2D eigenvalue weighted by molar-refractivity contribution is 0.247. The molecule has 0 N–H and O–H groups in total. The van der Waals surface area contributed by atoms with Gasteiger partial charge in [0.05, 0.1) is 6.04 Å². The van der Waals surface area contributed by atoms with E-state index >= 15 is 0 Å². The molecule has 0 saturated carbocycles. The summed E-state index contributed by atoms with van der Waals surface area (Å²) in [5.74, 6) is 2.92. The second-order valence-electron chi connectivity index (χ2n) is 4.66. The quantitative estimate of drug-likeness (QED) is 0.719. The second kappa shape index (κ2) is 4.68. The molecule has 0 fully saturated rings. The van der Waals surface area contributed by atoms with Crippen LogP contribution in [0.5, 0.6) is 0 Å². The molecule has 0 spiro atoms. The Morgan fingerprint density at radius 1 is 1.06 bits per heavy atom. The van der Waals surface area contributed by atoms with Crippen LogP contribution in [0.4, 0.5) is 0 Å². The minimum absolute atomic E-state index is 0.112. The Labute approximate surface area is 108 Å². The summed E-state index contributed by atoms with van der Waals surface area (Å²) in [4.78, 5) is 2.35. The third kappa shape index (κ3) is 1.92. The first-order valence-electron chi connectivity index (χ1n) is 6.20. The van der Waals surface area contributed by atoms with Gasteiger partial charge in [-0.05, 0) is 16.7 Å². The van der Waals surface area contributed by atoms with Crippen LogP contribution in [0.2, 0.25) is 0 Å². The zero-order valence-corrected chi connectivity index (χ0v) is 10.2. The SMILES string of the molecule is C#C[C@@H]1c2ccccc2CN1Cc1ccccc1. The predicted octanol–water partition coefficient (Wildman–Crippen LogP) is 3.38. The van der Waals surface area contributed by atoms with Crippen molar-refractivity contribution in [2.75, 3.05) is 0 Å². The molecule has 1 aliphatic rings. The number of hydrogen-bond acceptors (Lipinski definition) is 1. The molecule has 0 aliphatic carbocycles. The molecule has 0 bridgehead atoms. The molecule has 1 aliphatic heterocycles. The van der Waals surface area contributed by atoms with E-state index in [9.17, 15) is 0 Å². The largest absolute Gasteiger partial charge is 0.277 e. The first-order chi connectivity index (χ1) is 8.88. The highest BCUT2D eigenvalue weighted by atomic mass is 15.2. The van der Waals surface area contributed by atoms with Crippen LogP contribution in [0, 0.1) is 12.3 Å². The molecule has 88 valence electrons. The van der Waals surface area contributed by atoms with Crippen LogP contribution in [0.3, 0.4) is 0 Å². The van der Waals surface area contributed by atoms with Crippen LogP contribution >= 0.6 is 0 Å². The standard InChI is InChI=1S/C17H15N/c1-2-17-16-11-7-6-10-15(16)13-18(17)12-14-8-4-3-5-9-14/h1,3-11,17H,12-13H2/t17-/m1/s1. The molecule has 1 nitrogen and oxygen atoms in total. The van der Waals surface area contributed by atoms with Gasteiger partial charge >= 0.3 is 0 Å². The lowest BCUT2D eigenvalue weighted by Gasteiger charge is -2.20. The number of terminal acetylenes is 1. The molecular formula is C17H15N. The van der Waals surface area contributed by atoms with Gasteiger partial charge in [-0.2, -0.15) is 0 Å². The molecule has 18 heavy (non-hydrogen) atoms. The van der Waals surface area contributed by atoms with Crippen LogP contribution in [0.1, 0.15) is 22.7 Å². The fourth-order valence-corrected chi connectivity index (χ4v) is 2.61. The highest BCUT2D eigenvalue weighted by Gasteiger charge is 2.27. The molecule has 1 heteroatoms. The Hall–Kier alpha value is -2.04. The monoisotopic (exact) mass is 233 g/mol. The third-order valence-corrected chi connectivity index (χ3v) is 3.47. The van der Waals surface area contributed by atoms with E-state index in [1.165, 1.54) is 16.7 Å². The van der Waals surface area contributed by atoms with E-state index in [4.69, 9.17) is 6.42 Å². The minimum Gasteiger partial charge on any atom is -0.277 e. The van der Waals surface area contributed by atoms with Gasteiger partial charge in [-0.3, -0.25) is 4.90 Å². The molecule has 0 radical (unpaired) electrons. The van der Waals surface area contributed by atoms with Gasteiger partial charge in [0.15, 0.2) is 0 Å². The van der Waals surface area contributed by atoms with Crippen molar-refractivity contribution >= 4 is 0 Å². The first kappa shape index (κ1) is 11.1. The zero-order chi connectivity index (χ0) is 12.4. The smallest absolute Gasteiger partial charge is 0.0977 e. The number of benzene rings is 2. The summed E-state index contributed by atoms with van der Waals surface area (Å²) in [6.07, 6.45) is 5.70. The van der Waals surface area contributed by atoms with E-state index in [0.717, 1.165) is 13.1 Å². The van der Waals surface area contributed by atoms with Crippen molar-refractivity contribution in [1.29, 1.82) is 0 Å². The Morgan fingerprint density at radius 2 is 1.78 bits per heavy atom. The lowest BCUT2D eigenvalue weighted by Crippen LogP contribution is -2.20. The van der Waals surface area contributed by atoms with Crippen molar-refractivity contribution in [3.63, 3.8) is 0 Å². The van der Waals surface area contributed by atoms with Crippen LogP contribution in [0.25, 0.3) is 0 Å². The van der Waals surface area contributed by atoms with E-state index in [0.29, 0.717) is 0 Å². The molecule has 1 heterocycles. The van der Waals surface area contributed by atoms with Crippen molar-refractivity contribution < 1.29 is 0 Å². The molecule has 3 rings (SSSR count). The normalized spacial score (nSPS) is 18.3. The summed E-state index contributed by atoms with van der Waals surface area (Å²) >= 11 is 0. The van der Waals surface area contributed by atoms with E-state index in [1.54, 1.807) is 0 Å². The van der Waals surface area contributed by atoms with Gasteiger partial charge in [-0.1, -0.05) is 60.5 Å². The Balaban J connectivity index is 1.86. The van der Waals surface area contributed by atoms with Crippen LogP contribution in [-0.2, 0) is 13.1 Å². The summed E-state index contributed by atoms with van der Waals surface area (Å²) < 4.78 is 0. The second-order valence-corrected chi connectivity index (χ2v) is 4.66. The molecule has 2 aromatic rings. The summed E-state index contributed by atoms with van der Waals surface area (Å²) in [5, 5.41) is 0. The van der Waals surface area contributed by atoms with Gasteiger partial charge in [0.2, 0.25) is 0 Å². The van der Waals surface area contributed by atoms with Gasteiger partial charge in [0, 0.05) is 13.1 Å². The Morgan fingerprint density at radius 3 is 2.56 bits per heavy atom. The number of nitrogens with zero attached hydrogens (tertiary/aromatic N) is 1. The molecular weight excluding hydrogens is 218 g/mol. The summed E-state index contributed by atoms with van der Waals surface area (Å²) in [7, 11) is 0. The topological polar surface area (TPSA) is 3.24 Å². The van der Waals surface area contributed by atoms with Crippen molar-refractivity contribution in [3.8, 4) is 12.3 Å². The highest BCUT2D eigenvalue weighted by Crippen LogP contribution is 2.33. The van der Waals surface area contributed by atoms with E-state index in [-0.39, 0.29) is 6.04 Å². The summed E-state index contributed by atoms with van der Waals surface area (Å²) in [6, 6.07) is 19.1. The Kier molecular flexibility index (Phi) is 2.88. The maximum absolute atomic E-state index is 5.70. The fourth-order valence-electron chi connectivity index (χ4n) is 2.61. The molecule has 0 unspecified atom stereocenters. The van der Waals surface area contributed by atoms with Crippen LogP contribution < -0.4 is 0 Å². The van der Waals surface area contributed by atoms with Gasteiger partial charge < -0.3 is 0 Å². The molecule has 2 aromatic carbocycles. The molecule has 0 aromatic heterocycles. The summed E-state index contributed by atoms with van der Waals surface area (Å²) in [5.41, 5.74) is 3.96. The zero-order valence-electron chi connectivity index (χ0n) is 10.2. The van der Waals surface area contributed by atoms with Crippen LogP contribution in [0.15, 0.2) is 54.6 Å². The van der Waals surface area contributed by atoms with Gasteiger partial charge in [0.25, 0.3) is 0 Å². The average Bonchev–Trinajstić information content (AvgIpc) is 2.77. The maximum atomic E-state index is 5.70. The first-order valence-corrected chi connectivity index (χ1v) is 6.20. The number of fused-ring (bicyclic) bond motifs is 1. The highest BCUT2D eigenvalue weighted by molar-refractivity contribution is 5.38. The predicted molar refractivity (Wildman–Crippen MR) is 73.7 cm³/mol. The lowest BCUT2D eigenvalue weighted by atomic mass is 10.1. The van der Waals surface area contributed by atoms with Gasteiger partial charge in [0.1, 0.15) is 0 Å². The molecule has 0 saturated heterocycles. The van der Waals surface area contributed by atoms with Gasteiger partial charge in [-0.25, -0.2) is 0 Å². The average molecular weight is 233 g/mol. The summed E-state index contributed by atoms with van der Waals surface area (Å²) in [6.45, 7) is 1.85. The van der Waals surface area contributed by atoms with Crippen molar-refractivity contribution in [3.05, 3.63) is 71.3 Å². The fraction of sp³-hybridized carbons (Fsp3) is 0.176. The maximum Gasteiger partial charge on any atom is 0.0977 e. The van der Waals surface area contributed by atoms with Crippen molar-refractivity contribution in [1.82, 2.24) is 4.90 Å². The number of hydrogen-bond donors (Lipinski definition) is 0. The van der Waals surface area contributed by atoms with Crippen LogP contribution in [-0.4, -0.2) is 4.90 Å². The molecule has 0 amide bonds. The molecule has 1 atom stereocenters. The Bertz CT molecular complexity index is 580. The van der Waals surface area contributed by atoms with E-state index in [1.807, 2.05) is 6.07 Å². The van der Waals surface area contributed by atoms with E-state index < -0.39 is 0 Å².